The molecule has 0 bridgehead atoms. The number of nitrogens with zero attached hydrogens (tertiary/aromatic N) is 3. The number of imidazole rings is 1. The summed E-state index contributed by atoms with van der Waals surface area (Å²) in [5, 5.41) is 0. The fourth-order valence-corrected chi connectivity index (χ4v) is 4.91. The predicted octanol–water partition coefficient (Wildman–Crippen LogP) is 3.06. The van der Waals surface area contributed by atoms with Gasteiger partial charge in [-0.3, -0.25) is 0 Å². The highest BCUT2D eigenvalue weighted by Crippen LogP contribution is 2.35. The lowest BCUT2D eigenvalue weighted by molar-refractivity contribution is 0.249. The van der Waals surface area contributed by atoms with Gasteiger partial charge in [-0.25, -0.2) is 35.4 Å². The molecule has 0 unspecified atom stereocenters. The highest BCUT2D eigenvalue weighted by Gasteiger charge is 2.44. The summed E-state index contributed by atoms with van der Waals surface area (Å²) in [7, 11) is -3.17. The van der Waals surface area contributed by atoms with Crippen molar-refractivity contribution in [3.05, 3.63) is 59.2 Å². The second-order valence-corrected chi connectivity index (χ2v) is 8.31. The van der Waals surface area contributed by atoms with Gasteiger partial charge < -0.3 is 4.57 Å². The maximum atomic E-state index is 13.9. The third-order valence-electron chi connectivity index (χ3n) is 4.80. The Morgan fingerprint density at radius 2 is 1.46 bits per heavy atom. The summed E-state index contributed by atoms with van der Waals surface area (Å²) >= 11 is 0. The molecule has 1 fully saturated rings. The van der Waals surface area contributed by atoms with Crippen LogP contribution in [0.5, 0.6) is 0 Å². The number of fused-ring (bicyclic) bond motifs is 1. The van der Waals surface area contributed by atoms with Crippen molar-refractivity contribution in [2.45, 2.75) is 10.8 Å². The molecule has 11 heteroatoms. The maximum Gasteiger partial charge on any atom is 0.249 e. The summed E-state index contributed by atoms with van der Waals surface area (Å²) in [5.74, 6) is -11.6. The summed E-state index contributed by atoms with van der Waals surface area (Å²) in [5.41, 5.74) is 1.51. The van der Waals surface area contributed by atoms with Crippen LogP contribution in [0.3, 0.4) is 0 Å². The normalized spacial score (nSPS) is 15.9. The fourth-order valence-electron chi connectivity index (χ4n) is 3.27. The standard InChI is InChI=1S/C17H12F5N3O2S/c1-24-10-5-3-2-4-9(10)23-17(24)8-6-25(7-8)28(26,27)16-14(21)12(19)11(18)13(20)15(16)22/h2-5,8H,6-7H2,1H3. The lowest BCUT2D eigenvalue weighted by atomic mass is 10.0. The molecule has 1 aliphatic heterocycles. The van der Waals surface area contributed by atoms with Crippen LogP contribution in [0.1, 0.15) is 11.7 Å². The van der Waals surface area contributed by atoms with E-state index in [9.17, 15) is 30.4 Å². The Bertz CT molecular complexity index is 1190. The van der Waals surface area contributed by atoms with E-state index in [2.05, 4.69) is 4.98 Å². The van der Waals surface area contributed by atoms with Gasteiger partial charge in [-0.05, 0) is 12.1 Å². The second kappa shape index (κ2) is 6.24. The molecule has 2 heterocycles. The van der Waals surface area contributed by atoms with Crippen molar-refractivity contribution >= 4 is 21.1 Å². The summed E-state index contributed by atoms with van der Waals surface area (Å²) in [6.07, 6.45) is 0. The van der Waals surface area contributed by atoms with Crippen LogP contribution in [-0.2, 0) is 17.1 Å². The molecule has 0 saturated carbocycles. The van der Waals surface area contributed by atoms with Crippen molar-refractivity contribution in [3.8, 4) is 0 Å². The highest BCUT2D eigenvalue weighted by molar-refractivity contribution is 7.89. The molecule has 2 aromatic carbocycles. The van der Waals surface area contributed by atoms with Crippen molar-refractivity contribution in [1.82, 2.24) is 13.9 Å². The first-order valence-corrected chi connectivity index (χ1v) is 9.51. The lowest BCUT2D eigenvalue weighted by Gasteiger charge is -2.37. The maximum absolute atomic E-state index is 13.9. The summed E-state index contributed by atoms with van der Waals surface area (Å²) in [4.78, 5) is 2.58. The van der Waals surface area contributed by atoms with E-state index in [1.807, 2.05) is 12.1 Å². The molecule has 4 rings (SSSR count). The van der Waals surface area contributed by atoms with Gasteiger partial charge >= 0.3 is 0 Å². The molecule has 5 nitrogen and oxygen atoms in total. The van der Waals surface area contributed by atoms with Crippen LogP contribution < -0.4 is 0 Å². The molecule has 3 aromatic rings. The summed E-state index contributed by atoms with van der Waals surface area (Å²) in [6, 6.07) is 7.21. The first-order valence-electron chi connectivity index (χ1n) is 8.07. The van der Waals surface area contributed by atoms with Gasteiger partial charge in [0.25, 0.3) is 0 Å². The quantitative estimate of drug-likeness (QED) is 0.374. The highest BCUT2D eigenvalue weighted by atomic mass is 32.2. The van der Waals surface area contributed by atoms with E-state index >= 15 is 0 Å². The number of benzene rings is 2. The van der Waals surface area contributed by atoms with Crippen LogP contribution in [-0.4, -0.2) is 35.4 Å². The number of sulfonamides is 1. The van der Waals surface area contributed by atoms with Crippen LogP contribution in [0, 0.1) is 29.1 Å². The van der Waals surface area contributed by atoms with E-state index in [4.69, 9.17) is 0 Å². The SMILES string of the molecule is Cn1c(C2CN(S(=O)(=O)c3c(F)c(F)c(F)c(F)c3F)C2)nc2ccccc21. The van der Waals surface area contributed by atoms with Gasteiger partial charge in [-0.15, -0.1) is 0 Å². The van der Waals surface area contributed by atoms with Crippen molar-refractivity contribution in [1.29, 1.82) is 0 Å². The Kier molecular flexibility index (Phi) is 4.19. The van der Waals surface area contributed by atoms with Crippen LogP contribution in [0.2, 0.25) is 0 Å². The average molecular weight is 417 g/mol. The Morgan fingerprint density at radius 1 is 0.929 bits per heavy atom. The molecule has 28 heavy (non-hydrogen) atoms. The molecule has 0 aliphatic carbocycles. The van der Waals surface area contributed by atoms with Crippen LogP contribution in [0.4, 0.5) is 22.0 Å². The Morgan fingerprint density at radius 3 is 2.04 bits per heavy atom. The zero-order chi connectivity index (χ0) is 20.4. The second-order valence-electron chi connectivity index (χ2n) is 6.44. The largest absolute Gasteiger partial charge is 0.331 e. The van der Waals surface area contributed by atoms with Gasteiger partial charge in [0.1, 0.15) is 5.82 Å². The van der Waals surface area contributed by atoms with Gasteiger partial charge in [0.2, 0.25) is 15.8 Å². The molecule has 0 N–H and O–H groups in total. The summed E-state index contributed by atoms with van der Waals surface area (Å²) in [6.45, 7) is -0.391. The van der Waals surface area contributed by atoms with Gasteiger partial charge in [0.05, 0.1) is 11.0 Å². The lowest BCUT2D eigenvalue weighted by Crippen LogP contribution is -2.49. The molecule has 0 atom stereocenters. The minimum absolute atomic E-state index is 0.195. The molecular formula is C17H12F5N3O2S. The molecule has 0 radical (unpaired) electrons. The Hall–Kier alpha value is -2.53. The molecule has 1 saturated heterocycles. The number of hydrogen-bond donors (Lipinski definition) is 0. The van der Waals surface area contributed by atoms with Gasteiger partial charge in [-0.1, -0.05) is 12.1 Å². The molecule has 1 aromatic heterocycles. The van der Waals surface area contributed by atoms with Crippen LogP contribution in [0.25, 0.3) is 11.0 Å². The summed E-state index contributed by atoms with van der Waals surface area (Å²) < 4.78 is 95.1. The van der Waals surface area contributed by atoms with Gasteiger partial charge in [-0.2, -0.15) is 4.31 Å². The first-order chi connectivity index (χ1) is 13.1. The number of rotatable bonds is 3. The van der Waals surface area contributed by atoms with E-state index in [1.165, 1.54) is 0 Å². The van der Waals surface area contributed by atoms with E-state index in [-0.39, 0.29) is 19.0 Å². The molecule has 0 amide bonds. The van der Waals surface area contributed by atoms with Crippen LogP contribution in [0.15, 0.2) is 29.2 Å². The van der Waals surface area contributed by atoms with E-state index in [0.29, 0.717) is 15.6 Å². The van der Waals surface area contributed by atoms with E-state index < -0.39 is 44.0 Å². The molecule has 148 valence electrons. The minimum Gasteiger partial charge on any atom is -0.331 e. The number of aryl methyl sites for hydroxylation is 1. The smallest absolute Gasteiger partial charge is 0.249 e. The first kappa shape index (κ1) is 18.8. The zero-order valence-corrected chi connectivity index (χ0v) is 15.1. The van der Waals surface area contributed by atoms with Crippen molar-refractivity contribution in [2.24, 2.45) is 7.05 Å². The van der Waals surface area contributed by atoms with Crippen LogP contribution >= 0.6 is 0 Å². The molecular weight excluding hydrogens is 405 g/mol. The van der Waals surface area contributed by atoms with Crippen molar-refractivity contribution in [3.63, 3.8) is 0 Å². The number of halogens is 5. The topological polar surface area (TPSA) is 55.2 Å². The van der Waals surface area contributed by atoms with Gasteiger partial charge in [0.15, 0.2) is 28.2 Å². The Balaban J connectivity index is 1.67. The van der Waals surface area contributed by atoms with E-state index in [0.717, 1.165) is 5.52 Å². The minimum atomic E-state index is -4.91. The zero-order valence-electron chi connectivity index (χ0n) is 14.3. The van der Waals surface area contributed by atoms with Crippen molar-refractivity contribution in [2.75, 3.05) is 13.1 Å². The molecule has 0 spiro atoms. The number of aromatic nitrogens is 2. The monoisotopic (exact) mass is 417 g/mol. The predicted molar refractivity (Wildman–Crippen MR) is 88.4 cm³/mol. The average Bonchev–Trinajstić information content (AvgIpc) is 2.93. The van der Waals surface area contributed by atoms with Gasteiger partial charge in [0, 0.05) is 26.1 Å². The fraction of sp³-hybridized carbons (Fsp3) is 0.235. The van der Waals surface area contributed by atoms with E-state index in [1.54, 1.807) is 23.7 Å². The number of para-hydroxylation sites is 2. The Labute approximate surface area is 156 Å². The third kappa shape index (κ3) is 2.53. The number of hydrogen-bond acceptors (Lipinski definition) is 3. The third-order valence-corrected chi connectivity index (χ3v) is 6.65. The molecule has 1 aliphatic rings. The van der Waals surface area contributed by atoms with Crippen molar-refractivity contribution < 1.29 is 30.4 Å².